The van der Waals surface area contributed by atoms with E-state index in [2.05, 4.69) is 23.5 Å². The molecule has 0 aliphatic carbocycles. The standard InChI is InChI=1S/C31H42F3NO5/c1-21-15-22(2)17-24(16-21)9-8-14-37-26-11-10-23(18-25(26)31(32,33)34)12-13-30(19-38-29(6,7)39-20-30)35-27(36)40-28(3,4)5/h10-11,15-18H,8-9,12-14,19-20H2,1-7H3,(H,35,36). The van der Waals surface area contributed by atoms with Crippen molar-refractivity contribution >= 4 is 6.09 Å². The number of carbonyl (C=O) groups excluding carboxylic acids is 1. The molecule has 1 N–H and O–H groups in total. The highest BCUT2D eigenvalue weighted by molar-refractivity contribution is 5.69. The first-order valence-electron chi connectivity index (χ1n) is 13.6. The van der Waals surface area contributed by atoms with E-state index >= 15 is 0 Å². The molecule has 9 heteroatoms. The van der Waals surface area contributed by atoms with Crippen molar-refractivity contribution in [1.82, 2.24) is 5.32 Å². The summed E-state index contributed by atoms with van der Waals surface area (Å²) in [6, 6.07) is 10.4. The van der Waals surface area contributed by atoms with E-state index in [0.717, 1.165) is 29.2 Å². The van der Waals surface area contributed by atoms with Crippen molar-refractivity contribution in [2.24, 2.45) is 0 Å². The fraction of sp³-hybridized carbons (Fsp3) is 0.581. The zero-order valence-corrected chi connectivity index (χ0v) is 24.6. The Kier molecular flexibility index (Phi) is 9.83. The van der Waals surface area contributed by atoms with Crippen molar-refractivity contribution in [1.29, 1.82) is 0 Å². The van der Waals surface area contributed by atoms with E-state index in [1.165, 1.54) is 6.07 Å². The van der Waals surface area contributed by atoms with Crippen molar-refractivity contribution in [2.75, 3.05) is 19.8 Å². The molecule has 40 heavy (non-hydrogen) atoms. The summed E-state index contributed by atoms with van der Waals surface area (Å²) >= 11 is 0. The summed E-state index contributed by atoms with van der Waals surface area (Å²) in [4.78, 5) is 12.6. The van der Waals surface area contributed by atoms with Crippen LogP contribution in [0.1, 0.15) is 75.3 Å². The number of ether oxygens (including phenoxy) is 4. The summed E-state index contributed by atoms with van der Waals surface area (Å²) in [5, 5.41) is 2.85. The summed E-state index contributed by atoms with van der Waals surface area (Å²) in [5.41, 5.74) is 1.43. The Morgan fingerprint density at radius 1 is 0.950 bits per heavy atom. The van der Waals surface area contributed by atoms with Crippen LogP contribution in [0.4, 0.5) is 18.0 Å². The van der Waals surface area contributed by atoms with Gasteiger partial charge >= 0.3 is 12.3 Å². The monoisotopic (exact) mass is 565 g/mol. The summed E-state index contributed by atoms with van der Waals surface area (Å²) in [6.07, 6.45) is -3.37. The highest BCUT2D eigenvalue weighted by atomic mass is 19.4. The first-order valence-corrected chi connectivity index (χ1v) is 13.6. The van der Waals surface area contributed by atoms with Crippen molar-refractivity contribution in [3.05, 3.63) is 64.2 Å². The second-order valence-electron chi connectivity index (χ2n) is 12.2. The van der Waals surface area contributed by atoms with Crippen molar-refractivity contribution in [2.45, 2.75) is 97.3 Å². The lowest BCUT2D eigenvalue weighted by Gasteiger charge is -2.44. The minimum Gasteiger partial charge on any atom is -0.493 e. The Morgan fingerprint density at radius 3 is 2.15 bits per heavy atom. The molecule has 0 radical (unpaired) electrons. The Hall–Kier alpha value is -2.78. The molecule has 2 aromatic rings. The van der Waals surface area contributed by atoms with Gasteiger partial charge in [-0.05, 0) is 97.4 Å². The zero-order valence-electron chi connectivity index (χ0n) is 24.6. The molecule has 1 fully saturated rings. The minimum atomic E-state index is -4.58. The molecule has 0 saturated carbocycles. The molecule has 0 spiro atoms. The summed E-state index contributed by atoms with van der Waals surface area (Å²) in [6.45, 7) is 13.3. The molecule has 3 rings (SSSR count). The smallest absolute Gasteiger partial charge is 0.419 e. The molecule has 1 aliphatic rings. The van der Waals surface area contributed by atoms with E-state index in [4.69, 9.17) is 18.9 Å². The predicted molar refractivity (Wildman–Crippen MR) is 148 cm³/mol. The van der Waals surface area contributed by atoms with Crippen LogP contribution >= 0.6 is 0 Å². The minimum absolute atomic E-state index is 0.132. The van der Waals surface area contributed by atoms with Crippen molar-refractivity contribution < 1.29 is 36.9 Å². The number of rotatable bonds is 9. The van der Waals surface area contributed by atoms with Gasteiger partial charge in [0, 0.05) is 0 Å². The number of aryl methyl sites for hydroxylation is 4. The summed E-state index contributed by atoms with van der Waals surface area (Å²) < 4.78 is 64.6. The molecular weight excluding hydrogens is 523 g/mol. The van der Waals surface area contributed by atoms with E-state index in [-0.39, 0.29) is 38.4 Å². The van der Waals surface area contributed by atoms with Gasteiger partial charge in [0.15, 0.2) is 5.79 Å². The lowest BCUT2D eigenvalue weighted by atomic mass is 9.91. The van der Waals surface area contributed by atoms with Gasteiger partial charge in [0.25, 0.3) is 0 Å². The number of halogens is 3. The van der Waals surface area contributed by atoms with Crippen LogP contribution in [0, 0.1) is 13.8 Å². The maximum Gasteiger partial charge on any atom is 0.419 e. The van der Waals surface area contributed by atoms with E-state index in [0.29, 0.717) is 12.0 Å². The third-order valence-corrected chi connectivity index (χ3v) is 6.55. The van der Waals surface area contributed by atoms with E-state index in [9.17, 15) is 18.0 Å². The first-order chi connectivity index (χ1) is 18.5. The summed E-state index contributed by atoms with van der Waals surface area (Å²) in [5.74, 6) is -1.02. The highest BCUT2D eigenvalue weighted by Crippen LogP contribution is 2.38. The molecule has 1 heterocycles. The molecule has 0 unspecified atom stereocenters. The molecular formula is C31H42F3NO5. The molecule has 1 amide bonds. The number of hydrogen-bond donors (Lipinski definition) is 1. The van der Waals surface area contributed by atoms with Gasteiger partial charge < -0.3 is 24.3 Å². The Labute approximate surface area is 235 Å². The molecule has 0 atom stereocenters. The van der Waals surface area contributed by atoms with Crippen LogP contribution < -0.4 is 10.1 Å². The lowest BCUT2D eigenvalue weighted by Crippen LogP contribution is -2.61. The maximum atomic E-state index is 14.0. The second-order valence-corrected chi connectivity index (χ2v) is 12.2. The van der Waals surface area contributed by atoms with E-state index in [1.807, 2.05) is 13.8 Å². The third-order valence-electron chi connectivity index (χ3n) is 6.55. The van der Waals surface area contributed by atoms with Crippen molar-refractivity contribution in [3.8, 4) is 5.75 Å². The molecule has 222 valence electrons. The van der Waals surface area contributed by atoms with Gasteiger partial charge in [-0.3, -0.25) is 0 Å². The van der Waals surface area contributed by atoms with Crippen LogP contribution in [0.2, 0.25) is 0 Å². The SMILES string of the molecule is Cc1cc(C)cc(CCCOc2ccc(CCC3(NC(=O)OC(C)(C)C)COC(C)(C)OC3)cc2C(F)(F)F)c1. The number of alkyl carbamates (subject to hydrolysis) is 1. The largest absolute Gasteiger partial charge is 0.493 e. The van der Waals surface area contributed by atoms with Gasteiger partial charge in [0.1, 0.15) is 11.4 Å². The average molecular weight is 566 g/mol. The Balaban J connectivity index is 1.69. The number of benzene rings is 2. The maximum absolute atomic E-state index is 14.0. The van der Waals surface area contributed by atoms with Gasteiger partial charge in [-0.2, -0.15) is 13.2 Å². The number of alkyl halides is 3. The Morgan fingerprint density at radius 2 is 1.57 bits per heavy atom. The summed E-state index contributed by atoms with van der Waals surface area (Å²) in [7, 11) is 0. The number of hydrogen-bond acceptors (Lipinski definition) is 5. The fourth-order valence-corrected chi connectivity index (χ4v) is 4.64. The molecule has 6 nitrogen and oxygen atoms in total. The van der Waals surface area contributed by atoms with Gasteiger partial charge in [-0.15, -0.1) is 0 Å². The van der Waals surface area contributed by atoms with Gasteiger partial charge in [-0.1, -0.05) is 35.4 Å². The van der Waals surface area contributed by atoms with Gasteiger partial charge in [0.2, 0.25) is 0 Å². The van der Waals surface area contributed by atoms with Crippen LogP contribution in [0.3, 0.4) is 0 Å². The Bertz CT molecular complexity index is 1140. The first kappa shape index (κ1) is 31.7. The fourth-order valence-electron chi connectivity index (χ4n) is 4.64. The molecule has 2 aromatic carbocycles. The van der Waals surface area contributed by atoms with Gasteiger partial charge in [-0.25, -0.2) is 4.79 Å². The van der Waals surface area contributed by atoms with Crippen LogP contribution in [-0.4, -0.2) is 42.8 Å². The van der Waals surface area contributed by atoms with Crippen LogP contribution in [0.25, 0.3) is 0 Å². The van der Waals surface area contributed by atoms with Crippen molar-refractivity contribution in [3.63, 3.8) is 0 Å². The molecule has 1 aliphatic heterocycles. The highest BCUT2D eigenvalue weighted by Gasteiger charge is 2.42. The van der Waals surface area contributed by atoms with E-state index in [1.54, 1.807) is 40.7 Å². The average Bonchev–Trinajstić information content (AvgIpc) is 2.80. The third kappa shape index (κ3) is 9.70. The van der Waals surface area contributed by atoms with Gasteiger partial charge in [0.05, 0.1) is 30.9 Å². The second kappa shape index (κ2) is 12.4. The van der Waals surface area contributed by atoms with Crippen LogP contribution in [-0.2, 0) is 33.2 Å². The number of amides is 1. The number of carbonyl (C=O) groups is 1. The normalized spacial score (nSPS) is 16.9. The van der Waals surface area contributed by atoms with Crippen LogP contribution in [0.15, 0.2) is 36.4 Å². The van der Waals surface area contributed by atoms with Crippen LogP contribution in [0.5, 0.6) is 5.75 Å². The molecule has 0 aromatic heterocycles. The molecule has 0 bridgehead atoms. The topological polar surface area (TPSA) is 66.0 Å². The predicted octanol–water partition coefficient (Wildman–Crippen LogP) is 7.31. The zero-order chi connectivity index (χ0) is 29.8. The molecule has 1 saturated heterocycles. The lowest BCUT2D eigenvalue weighted by molar-refractivity contribution is -0.271. The van der Waals surface area contributed by atoms with E-state index < -0.39 is 34.8 Å². The number of nitrogens with one attached hydrogen (secondary N) is 1. The quantitative estimate of drug-likeness (QED) is 0.323.